The standard InChI is InChI=1S/C13H13N5O2S/c1-18-13(15-8-16-18)17-21(19,20)12-7-6-11(14)9-4-2-3-5-10(9)12/h2-8H,14H2,1H3,(H,15,16,17). The Labute approximate surface area is 121 Å². The molecule has 3 rings (SSSR count). The van der Waals surface area contributed by atoms with Gasteiger partial charge < -0.3 is 5.73 Å². The van der Waals surface area contributed by atoms with Crippen molar-refractivity contribution in [1.82, 2.24) is 14.8 Å². The number of nitrogens with zero attached hydrogens (tertiary/aromatic N) is 3. The normalized spacial score (nSPS) is 11.7. The molecule has 0 saturated carbocycles. The highest BCUT2D eigenvalue weighted by Gasteiger charge is 2.20. The third kappa shape index (κ3) is 2.29. The molecule has 108 valence electrons. The maximum atomic E-state index is 12.5. The molecule has 0 aliphatic heterocycles. The number of aromatic nitrogens is 3. The Morgan fingerprint density at radius 1 is 1.14 bits per heavy atom. The van der Waals surface area contributed by atoms with Crippen LogP contribution in [0.3, 0.4) is 0 Å². The Bertz CT molecular complexity index is 917. The number of nitrogens with one attached hydrogen (secondary N) is 1. The van der Waals surface area contributed by atoms with Crippen LogP contribution in [0, 0.1) is 0 Å². The summed E-state index contributed by atoms with van der Waals surface area (Å²) in [6, 6.07) is 10.1. The summed E-state index contributed by atoms with van der Waals surface area (Å²) in [5.41, 5.74) is 6.42. The lowest BCUT2D eigenvalue weighted by atomic mass is 10.1. The number of benzene rings is 2. The summed E-state index contributed by atoms with van der Waals surface area (Å²) >= 11 is 0. The van der Waals surface area contributed by atoms with Gasteiger partial charge in [0.1, 0.15) is 6.33 Å². The number of nitrogens with two attached hydrogens (primary N) is 1. The Kier molecular flexibility index (Phi) is 3.02. The zero-order chi connectivity index (χ0) is 15.0. The lowest BCUT2D eigenvalue weighted by Gasteiger charge is -2.11. The van der Waals surface area contributed by atoms with E-state index in [0.29, 0.717) is 16.5 Å². The van der Waals surface area contributed by atoms with E-state index < -0.39 is 10.0 Å². The first kappa shape index (κ1) is 13.4. The first-order valence-electron chi connectivity index (χ1n) is 6.13. The predicted octanol–water partition coefficient (Wildman–Crippen LogP) is 1.35. The molecule has 0 bridgehead atoms. The Morgan fingerprint density at radius 2 is 1.86 bits per heavy atom. The van der Waals surface area contributed by atoms with Crippen molar-refractivity contribution in [2.45, 2.75) is 4.90 Å². The summed E-state index contributed by atoms with van der Waals surface area (Å²) in [4.78, 5) is 4.01. The fourth-order valence-corrected chi connectivity index (χ4v) is 3.34. The molecule has 0 fully saturated rings. The van der Waals surface area contributed by atoms with Gasteiger partial charge in [0.15, 0.2) is 0 Å². The highest BCUT2D eigenvalue weighted by Crippen LogP contribution is 2.28. The lowest BCUT2D eigenvalue weighted by Crippen LogP contribution is -2.16. The maximum Gasteiger partial charge on any atom is 0.264 e. The smallest absolute Gasteiger partial charge is 0.264 e. The number of anilines is 2. The monoisotopic (exact) mass is 303 g/mol. The van der Waals surface area contributed by atoms with Crippen LogP contribution in [-0.2, 0) is 17.1 Å². The molecule has 0 spiro atoms. The van der Waals surface area contributed by atoms with Gasteiger partial charge in [0.2, 0.25) is 5.95 Å². The summed E-state index contributed by atoms with van der Waals surface area (Å²) in [6.07, 6.45) is 1.28. The second kappa shape index (κ2) is 4.74. The molecule has 1 aromatic heterocycles. The van der Waals surface area contributed by atoms with Crippen LogP contribution in [0.25, 0.3) is 10.8 Å². The van der Waals surface area contributed by atoms with E-state index in [2.05, 4.69) is 14.8 Å². The number of aryl methyl sites for hydroxylation is 1. The minimum Gasteiger partial charge on any atom is -0.398 e. The van der Waals surface area contributed by atoms with Crippen molar-refractivity contribution in [2.24, 2.45) is 7.05 Å². The molecule has 1 heterocycles. The van der Waals surface area contributed by atoms with Crippen LogP contribution in [0.4, 0.5) is 11.6 Å². The van der Waals surface area contributed by atoms with Crippen molar-refractivity contribution in [2.75, 3.05) is 10.5 Å². The van der Waals surface area contributed by atoms with E-state index in [-0.39, 0.29) is 10.8 Å². The average molecular weight is 303 g/mol. The number of fused-ring (bicyclic) bond motifs is 1. The van der Waals surface area contributed by atoms with Crippen molar-refractivity contribution in [3.05, 3.63) is 42.7 Å². The summed E-state index contributed by atoms with van der Waals surface area (Å²) < 4.78 is 28.8. The molecule has 7 nitrogen and oxygen atoms in total. The van der Waals surface area contributed by atoms with Crippen molar-refractivity contribution in [3.63, 3.8) is 0 Å². The predicted molar refractivity (Wildman–Crippen MR) is 80.2 cm³/mol. The van der Waals surface area contributed by atoms with Crippen molar-refractivity contribution in [3.8, 4) is 0 Å². The van der Waals surface area contributed by atoms with Crippen LogP contribution < -0.4 is 10.5 Å². The van der Waals surface area contributed by atoms with E-state index in [1.807, 2.05) is 6.07 Å². The molecule has 0 unspecified atom stereocenters. The second-order valence-corrected chi connectivity index (χ2v) is 6.16. The number of nitrogen functional groups attached to an aromatic ring is 1. The molecule has 0 saturated heterocycles. The number of rotatable bonds is 3. The van der Waals surface area contributed by atoms with E-state index >= 15 is 0 Å². The highest BCUT2D eigenvalue weighted by molar-refractivity contribution is 7.93. The van der Waals surface area contributed by atoms with E-state index in [0.717, 1.165) is 0 Å². The molecule has 0 atom stereocenters. The second-order valence-electron chi connectivity index (χ2n) is 4.51. The lowest BCUT2D eigenvalue weighted by molar-refractivity contribution is 0.601. The Balaban J connectivity index is 2.16. The van der Waals surface area contributed by atoms with Crippen LogP contribution in [-0.4, -0.2) is 23.2 Å². The molecule has 0 amide bonds. The van der Waals surface area contributed by atoms with Gasteiger partial charge in [0.05, 0.1) is 4.90 Å². The van der Waals surface area contributed by atoms with Crippen LogP contribution in [0.5, 0.6) is 0 Å². The Morgan fingerprint density at radius 3 is 2.52 bits per heavy atom. The molecule has 0 aliphatic carbocycles. The summed E-state index contributed by atoms with van der Waals surface area (Å²) in [5, 5.41) is 5.08. The van der Waals surface area contributed by atoms with Gasteiger partial charge in [0.25, 0.3) is 10.0 Å². The number of hydrogen-bond donors (Lipinski definition) is 2. The third-order valence-electron chi connectivity index (χ3n) is 3.14. The largest absolute Gasteiger partial charge is 0.398 e. The van der Waals surface area contributed by atoms with E-state index in [4.69, 9.17) is 5.73 Å². The minimum absolute atomic E-state index is 0.148. The van der Waals surface area contributed by atoms with Gasteiger partial charge >= 0.3 is 0 Å². The highest BCUT2D eigenvalue weighted by atomic mass is 32.2. The van der Waals surface area contributed by atoms with Crippen molar-refractivity contribution >= 4 is 32.4 Å². The minimum atomic E-state index is -3.78. The van der Waals surface area contributed by atoms with Crippen molar-refractivity contribution < 1.29 is 8.42 Å². The summed E-state index contributed by atoms with van der Waals surface area (Å²) in [7, 11) is -2.17. The molecule has 3 N–H and O–H groups in total. The fourth-order valence-electron chi connectivity index (χ4n) is 2.09. The first-order chi connectivity index (χ1) is 9.99. The molecular formula is C13H13N5O2S. The molecular weight excluding hydrogens is 290 g/mol. The van der Waals surface area contributed by atoms with Gasteiger partial charge in [-0.05, 0) is 12.1 Å². The Hall–Kier alpha value is -2.61. The quantitative estimate of drug-likeness (QED) is 0.711. The topological polar surface area (TPSA) is 103 Å². The van der Waals surface area contributed by atoms with Gasteiger partial charge in [0, 0.05) is 23.5 Å². The van der Waals surface area contributed by atoms with Gasteiger partial charge in [-0.15, -0.1) is 0 Å². The fraction of sp³-hybridized carbons (Fsp3) is 0.0769. The molecule has 21 heavy (non-hydrogen) atoms. The van der Waals surface area contributed by atoms with E-state index in [1.165, 1.54) is 17.1 Å². The van der Waals surface area contributed by atoms with Crippen LogP contribution in [0.2, 0.25) is 0 Å². The molecule has 2 aromatic carbocycles. The first-order valence-corrected chi connectivity index (χ1v) is 7.61. The van der Waals surface area contributed by atoms with Gasteiger partial charge in [-0.2, -0.15) is 10.1 Å². The molecule has 0 aliphatic rings. The third-order valence-corrected chi connectivity index (χ3v) is 4.53. The zero-order valence-corrected chi connectivity index (χ0v) is 12.0. The molecule has 3 aromatic rings. The van der Waals surface area contributed by atoms with Crippen molar-refractivity contribution in [1.29, 1.82) is 0 Å². The van der Waals surface area contributed by atoms with Gasteiger partial charge in [-0.25, -0.2) is 17.8 Å². The van der Waals surface area contributed by atoms with E-state index in [1.54, 1.807) is 31.3 Å². The number of sulfonamides is 1. The maximum absolute atomic E-state index is 12.5. The summed E-state index contributed by atoms with van der Waals surface area (Å²) in [5.74, 6) is 0.149. The van der Waals surface area contributed by atoms with E-state index in [9.17, 15) is 8.42 Å². The van der Waals surface area contributed by atoms with Crippen LogP contribution >= 0.6 is 0 Å². The number of hydrogen-bond acceptors (Lipinski definition) is 5. The summed E-state index contributed by atoms with van der Waals surface area (Å²) in [6.45, 7) is 0. The van der Waals surface area contributed by atoms with Crippen LogP contribution in [0.1, 0.15) is 0 Å². The van der Waals surface area contributed by atoms with Gasteiger partial charge in [-0.3, -0.25) is 0 Å². The van der Waals surface area contributed by atoms with Gasteiger partial charge in [-0.1, -0.05) is 24.3 Å². The average Bonchev–Trinajstić information content (AvgIpc) is 2.84. The van der Waals surface area contributed by atoms with Crippen LogP contribution in [0.15, 0.2) is 47.6 Å². The molecule has 0 radical (unpaired) electrons. The molecule has 8 heteroatoms. The SMILES string of the molecule is Cn1ncnc1NS(=O)(=O)c1ccc(N)c2ccccc12. The zero-order valence-electron chi connectivity index (χ0n) is 11.2.